The van der Waals surface area contributed by atoms with Crippen molar-refractivity contribution in [2.75, 3.05) is 5.32 Å². The summed E-state index contributed by atoms with van der Waals surface area (Å²) in [5, 5.41) is 4.94. The highest BCUT2D eigenvalue weighted by molar-refractivity contribution is 6.30. The van der Waals surface area contributed by atoms with Crippen LogP contribution in [0.15, 0.2) is 54.7 Å². The maximum Gasteiger partial charge on any atom is 0.224 e. The molecule has 0 unspecified atom stereocenters. The number of hydrogen-bond donors (Lipinski definition) is 1. The molecule has 1 heterocycles. The number of rotatable bonds is 4. The van der Waals surface area contributed by atoms with Crippen LogP contribution in [-0.2, 0) is 4.79 Å². The molecule has 1 aliphatic rings. The molecule has 30 heavy (non-hydrogen) atoms. The number of carbonyl (C=O) groups is 1. The van der Waals surface area contributed by atoms with E-state index in [4.69, 9.17) is 11.6 Å². The van der Waals surface area contributed by atoms with Crippen molar-refractivity contribution < 1.29 is 4.79 Å². The molecule has 0 radical (unpaired) electrons. The van der Waals surface area contributed by atoms with Crippen LogP contribution in [0, 0.1) is 12.8 Å². The smallest absolute Gasteiger partial charge is 0.224 e. The third-order valence-corrected chi connectivity index (χ3v) is 6.07. The molecule has 0 saturated heterocycles. The summed E-state index contributed by atoms with van der Waals surface area (Å²) in [7, 11) is 0. The van der Waals surface area contributed by atoms with E-state index in [2.05, 4.69) is 41.5 Å². The molecule has 1 saturated carbocycles. The van der Waals surface area contributed by atoms with E-state index in [0.717, 1.165) is 36.9 Å². The fourth-order valence-electron chi connectivity index (χ4n) is 4.32. The summed E-state index contributed by atoms with van der Waals surface area (Å²) >= 11 is 5.90. The molecule has 3 aromatic rings. The topological polar surface area (TPSA) is 42.0 Å². The molecule has 1 N–H and O–H groups in total. The van der Waals surface area contributed by atoms with Gasteiger partial charge in [-0.25, -0.2) is 0 Å². The van der Waals surface area contributed by atoms with Crippen molar-refractivity contribution in [2.24, 2.45) is 5.92 Å². The lowest BCUT2D eigenvalue weighted by molar-refractivity contribution is -0.117. The second-order valence-electron chi connectivity index (χ2n) is 7.90. The van der Waals surface area contributed by atoms with E-state index in [1.165, 1.54) is 16.5 Å². The lowest BCUT2D eigenvalue weighted by Crippen LogP contribution is -2.20. The van der Waals surface area contributed by atoms with Crippen molar-refractivity contribution in [1.82, 2.24) is 4.98 Å². The Morgan fingerprint density at radius 2 is 1.73 bits per heavy atom. The summed E-state index contributed by atoms with van der Waals surface area (Å²) in [6.45, 7) is 6.13. The molecule has 1 aliphatic carbocycles. The first kappa shape index (κ1) is 22.3. The van der Waals surface area contributed by atoms with E-state index in [0.29, 0.717) is 23.3 Å². The number of hydrogen-bond acceptors (Lipinski definition) is 2. The van der Waals surface area contributed by atoms with Crippen LogP contribution in [-0.4, -0.2) is 10.9 Å². The summed E-state index contributed by atoms with van der Waals surface area (Å²) in [4.78, 5) is 16.9. The maximum atomic E-state index is 12.4. The van der Waals surface area contributed by atoms with Crippen molar-refractivity contribution >= 4 is 34.1 Å². The molecule has 2 aromatic carbocycles. The predicted molar refractivity (Wildman–Crippen MR) is 127 cm³/mol. The lowest BCUT2D eigenvalue weighted by atomic mass is 9.76. The molecule has 1 aromatic heterocycles. The lowest BCUT2D eigenvalue weighted by Gasteiger charge is -2.29. The van der Waals surface area contributed by atoms with Crippen molar-refractivity contribution in [3.05, 3.63) is 70.9 Å². The minimum absolute atomic E-state index is 0.0933. The van der Waals surface area contributed by atoms with Gasteiger partial charge in [-0.2, -0.15) is 0 Å². The van der Waals surface area contributed by atoms with Crippen molar-refractivity contribution in [3.8, 4) is 0 Å². The second-order valence-corrected chi connectivity index (χ2v) is 8.33. The average Bonchev–Trinajstić information content (AvgIpc) is 2.77. The monoisotopic (exact) mass is 422 g/mol. The van der Waals surface area contributed by atoms with Crippen LogP contribution < -0.4 is 5.32 Å². The Bertz CT molecular complexity index is 976. The van der Waals surface area contributed by atoms with E-state index in [1.54, 1.807) is 12.1 Å². The number of anilines is 1. The molecule has 3 nitrogen and oxygen atoms in total. The van der Waals surface area contributed by atoms with Crippen molar-refractivity contribution in [1.29, 1.82) is 0 Å². The molecule has 0 spiro atoms. The van der Waals surface area contributed by atoms with Crippen LogP contribution in [0.5, 0.6) is 0 Å². The molecule has 0 aliphatic heterocycles. The Labute approximate surface area is 184 Å². The van der Waals surface area contributed by atoms with E-state index in [1.807, 2.05) is 32.2 Å². The average molecular weight is 423 g/mol. The summed E-state index contributed by atoms with van der Waals surface area (Å²) in [6.07, 6.45) is 6.96. The molecule has 4 heteroatoms. The zero-order chi connectivity index (χ0) is 21.5. The Kier molecular flexibility index (Phi) is 7.87. The predicted octanol–water partition coefficient (Wildman–Crippen LogP) is 7.53. The van der Waals surface area contributed by atoms with Gasteiger partial charge < -0.3 is 5.32 Å². The van der Waals surface area contributed by atoms with Gasteiger partial charge in [-0.05, 0) is 92.5 Å². The van der Waals surface area contributed by atoms with Gasteiger partial charge in [-0.15, -0.1) is 0 Å². The summed E-state index contributed by atoms with van der Waals surface area (Å²) in [5.74, 6) is 1.11. The fourth-order valence-corrected chi connectivity index (χ4v) is 4.45. The van der Waals surface area contributed by atoms with E-state index in [9.17, 15) is 4.79 Å². The normalized spacial score (nSPS) is 18.4. The number of carbonyl (C=O) groups excluding carboxylic acids is 1. The molecule has 1 fully saturated rings. The van der Waals surface area contributed by atoms with Crippen LogP contribution in [0.3, 0.4) is 0 Å². The Morgan fingerprint density at radius 1 is 1.03 bits per heavy atom. The van der Waals surface area contributed by atoms with E-state index < -0.39 is 0 Å². The summed E-state index contributed by atoms with van der Waals surface area (Å²) < 4.78 is 0. The van der Waals surface area contributed by atoms with Gasteiger partial charge in [-0.3, -0.25) is 9.78 Å². The van der Waals surface area contributed by atoms with Crippen LogP contribution in [0.25, 0.3) is 10.9 Å². The van der Waals surface area contributed by atoms with Gasteiger partial charge in [0.1, 0.15) is 0 Å². The first-order valence-corrected chi connectivity index (χ1v) is 11.4. The Hall–Kier alpha value is -2.39. The van der Waals surface area contributed by atoms with Gasteiger partial charge in [0.15, 0.2) is 0 Å². The van der Waals surface area contributed by atoms with Crippen molar-refractivity contribution in [2.45, 2.75) is 58.8 Å². The molecule has 0 atom stereocenters. The Balaban J connectivity index is 0.00000124. The highest BCUT2D eigenvalue weighted by Crippen LogP contribution is 2.39. The number of nitrogens with zero attached hydrogens (tertiary/aromatic N) is 1. The van der Waals surface area contributed by atoms with Crippen LogP contribution in [0.4, 0.5) is 5.69 Å². The minimum Gasteiger partial charge on any atom is -0.326 e. The zero-order valence-electron chi connectivity index (χ0n) is 18.1. The molecule has 158 valence electrons. The number of nitrogens with one attached hydrogen (secondary N) is 1. The van der Waals surface area contributed by atoms with Gasteiger partial charge >= 0.3 is 0 Å². The first-order chi connectivity index (χ1) is 14.6. The molecule has 4 rings (SSSR count). The maximum absolute atomic E-state index is 12.4. The number of halogens is 1. The highest BCUT2D eigenvalue weighted by atomic mass is 35.5. The van der Waals surface area contributed by atoms with Crippen LogP contribution in [0.2, 0.25) is 5.02 Å². The van der Waals surface area contributed by atoms with Gasteiger partial charge in [0.05, 0.1) is 5.52 Å². The quantitative estimate of drug-likeness (QED) is 0.472. The number of aryl methyl sites for hydroxylation is 1. The van der Waals surface area contributed by atoms with Gasteiger partial charge in [-0.1, -0.05) is 37.1 Å². The number of amides is 1. The number of aromatic nitrogens is 1. The molecule has 1 amide bonds. The number of benzene rings is 2. The SMILES string of the molecule is CC.Cc1ccc2nccc(C3CCC(CC(=O)Nc4ccc(Cl)cc4)CC3)c2c1. The Morgan fingerprint density at radius 3 is 2.43 bits per heavy atom. The third kappa shape index (κ3) is 5.60. The highest BCUT2D eigenvalue weighted by Gasteiger charge is 2.25. The second kappa shape index (κ2) is 10.6. The first-order valence-electron chi connectivity index (χ1n) is 11.0. The van der Waals surface area contributed by atoms with Crippen molar-refractivity contribution in [3.63, 3.8) is 0 Å². The molecule has 0 bridgehead atoms. The van der Waals surface area contributed by atoms with E-state index >= 15 is 0 Å². The largest absolute Gasteiger partial charge is 0.326 e. The van der Waals surface area contributed by atoms with Gasteiger partial charge in [0.25, 0.3) is 0 Å². The third-order valence-electron chi connectivity index (χ3n) is 5.82. The standard InChI is InChI=1S/C24H25ClN2O.C2H6/c1-16-2-11-23-22(14-16)21(12-13-26-23)18-5-3-17(4-6-18)15-24(28)27-20-9-7-19(25)8-10-20;1-2/h2,7-14,17-18H,3-6,15H2,1H3,(H,27,28);1-2H3. The van der Waals surface area contributed by atoms with Crippen LogP contribution >= 0.6 is 11.6 Å². The minimum atomic E-state index is 0.0933. The van der Waals surface area contributed by atoms with Crippen LogP contribution in [0.1, 0.15) is 63.0 Å². The molecular formula is C26H31ClN2O. The van der Waals surface area contributed by atoms with Gasteiger partial charge in [0.2, 0.25) is 5.91 Å². The summed E-state index contributed by atoms with van der Waals surface area (Å²) in [5.41, 5.74) is 4.57. The van der Waals surface area contributed by atoms with Gasteiger partial charge in [0, 0.05) is 28.7 Å². The fraction of sp³-hybridized carbons (Fsp3) is 0.385. The summed E-state index contributed by atoms with van der Waals surface area (Å²) in [6, 6.07) is 15.9. The molecular weight excluding hydrogens is 392 g/mol. The van der Waals surface area contributed by atoms with E-state index in [-0.39, 0.29) is 5.91 Å². The number of fused-ring (bicyclic) bond motifs is 1. The number of pyridine rings is 1. The zero-order valence-corrected chi connectivity index (χ0v) is 18.9.